The SMILES string of the molecule is CC(=O)Nc1ccc2nc(Nc3ccccc3)oc(=O)c2c1. The van der Waals surface area contributed by atoms with E-state index in [9.17, 15) is 9.59 Å². The lowest BCUT2D eigenvalue weighted by Crippen LogP contribution is -2.08. The molecule has 2 aromatic carbocycles. The summed E-state index contributed by atoms with van der Waals surface area (Å²) < 4.78 is 5.16. The van der Waals surface area contributed by atoms with Gasteiger partial charge >= 0.3 is 11.6 Å². The third kappa shape index (κ3) is 2.95. The molecule has 0 atom stereocenters. The number of nitrogens with one attached hydrogen (secondary N) is 2. The molecule has 0 saturated carbocycles. The van der Waals surface area contributed by atoms with E-state index in [4.69, 9.17) is 4.42 Å². The molecule has 0 aliphatic rings. The first kappa shape index (κ1) is 13.8. The first-order valence-corrected chi connectivity index (χ1v) is 6.66. The maximum Gasteiger partial charge on any atom is 0.348 e. The highest BCUT2D eigenvalue weighted by Crippen LogP contribution is 2.18. The molecule has 0 spiro atoms. The van der Waals surface area contributed by atoms with Gasteiger partial charge in [0, 0.05) is 18.3 Å². The zero-order valence-electron chi connectivity index (χ0n) is 11.8. The van der Waals surface area contributed by atoms with Crippen molar-refractivity contribution in [1.29, 1.82) is 0 Å². The van der Waals surface area contributed by atoms with Crippen LogP contribution in [0, 0.1) is 0 Å². The van der Waals surface area contributed by atoms with Gasteiger partial charge in [-0.05, 0) is 30.3 Å². The molecule has 0 fully saturated rings. The summed E-state index contributed by atoms with van der Waals surface area (Å²) >= 11 is 0. The van der Waals surface area contributed by atoms with Gasteiger partial charge in [-0.3, -0.25) is 4.79 Å². The van der Waals surface area contributed by atoms with Crippen molar-refractivity contribution in [2.45, 2.75) is 6.92 Å². The highest BCUT2D eigenvalue weighted by molar-refractivity contribution is 5.92. The summed E-state index contributed by atoms with van der Waals surface area (Å²) in [5.41, 5.74) is 1.27. The average molecular weight is 295 g/mol. The van der Waals surface area contributed by atoms with Crippen LogP contribution in [0.25, 0.3) is 10.9 Å². The predicted molar refractivity (Wildman–Crippen MR) is 84.3 cm³/mol. The van der Waals surface area contributed by atoms with Crippen molar-refractivity contribution in [3.63, 3.8) is 0 Å². The van der Waals surface area contributed by atoms with Crippen LogP contribution >= 0.6 is 0 Å². The second-order valence-corrected chi connectivity index (χ2v) is 4.71. The Kier molecular flexibility index (Phi) is 3.57. The van der Waals surface area contributed by atoms with E-state index in [1.165, 1.54) is 6.92 Å². The van der Waals surface area contributed by atoms with E-state index >= 15 is 0 Å². The van der Waals surface area contributed by atoms with Crippen molar-refractivity contribution < 1.29 is 9.21 Å². The van der Waals surface area contributed by atoms with E-state index in [0.717, 1.165) is 5.69 Å². The van der Waals surface area contributed by atoms with Gasteiger partial charge in [-0.25, -0.2) is 4.79 Å². The number of fused-ring (bicyclic) bond motifs is 1. The zero-order chi connectivity index (χ0) is 15.5. The molecule has 0 unspecified atom stereocenters. The molecule has 0 saturated heterocycles. The summed E-state index contributed by atoms with van der Waals surface area (Å²) in [6.07, 6.45) is 0. The van der Waals surface area contributed by atoms with Gasteiger partial charge < -0.3 is 15.1 Å². The van der Waals surface area contributed by atoms with Crippen LogP contribution in [0.15, 0.2) is 57.7 Å². The number of hydrogen-bond acceptors (Lipinski definition) is 5. The van der Waals surface area contributed by atoms with Gasteiger partial charge in [-0.15, -0.1) is 0 Å². The van der Waals surface area contributed by atoms with Crippen molar-refractivity contribution in [3.8, 4) is 0 Å². The molecule has 3 rings (SSSR count). The standard InChI is InChI=1S/C16H13N3O3/c1-10(20)17-12-7-8-14-13(9-12)15(21)22-16(19-14)18-11-5-3-2-4-6-11/h2-9H,1H3,(H,17,20)(H,18,19). The van der Waals surface area contributed by atoms with Crippen LogP contribution in [0.3, 0.4) is 0 Å². The molecule has 1 heterocycles. The minimum atomic E-state index is -0.518. The van der Waals surface area contributed by atoms with Crippen LogP contribution in [0.5, 0.6) is 0 Å². The normalized spacial score (nSPS) is 10.4. The highest BCUT2D eigenvalue weighted by Gasteiger charge is 2.08. The van der Waals surface area contributed by atoms with Gasteiger partial charge in [0.15, 0.2) is 0 Å². The van der Waals surface area contributed by atoms with Gasteiger partial charge in [-0.1, -0.05) is 18.2 Å². The first-order chi connectivity index (χ1) is 10.6. The summed E-state index contributed by atoms with van der Waals surface area (Å²) in [4.78, 5) is 27.4. The van der Waals surface area contributed by atoms with Crippen molar-refractivity contribution in [2.75, 3.05) is 10.6 Å². The number of amides is 1. The average Bonchev–Trinajstić information content (AvgIpc) is 2.48. The summed E-state index contributed by atoms with van der Waals surface area (Å²) in [6.45, 7) is 1.40. The smallest absolute Gasteiger partial charge is 0.348 e. The van der Waals surface area contributed by atoms with Crippen LogP contribution in [0.1, 0.15) is 6.92 Å². The van der Waals surface area contributed by atoms with Crippen molar-refractivity contribution in [3.05, 3.63) is 59.0 Å². The Hall–Kier alpha value is -3.15. The topological polar surface area (TPSA) is 84.2 Å². The number of hydrogen-bond donors (Lipinski definition) is 2. The van der Waals surface area contributed by atoms with Crippen LogP contribution < -0.4 is 16.3 Å². The lowest BCUT2D eigenvalue weighted by molar-refractivity contribution is -0.114. The quantitative estimate of drug-likeness (QED) is 0.776. The van der Waals surface area contributed by atoms with E-state index in [-0.39, 0.29) is 11.9 Å². The number of aromatic nitrogens is 1. The molecular weight excluding hydrogens is 282 g/mol. The van der Waals surface area contributed by atoms with E-state index in [1.807, 2.05) is 30.3 Å². The molecule has 0 bridgehead atoms. The lowest BCUT2D eigenvalue weighted by atomic mass is 10.2. The monoisotopic (exact) mass is 295 g/mol. The Morgan fingerprint density at radius 2 is 1.86 bits per heavy atom. The number of nitrogens with zero attached hydrogens (tertiary/aromatic N) is 1. The molecule has 6 nitrogen and oxygen atoms in total. The third-order valence-corrected chi connectivity index (χ3v) is 2.97. The summed E-state index contributed by atoms with van der Waals surface area (Å²) in [5.74, 6) is -0.209. The molecule has 0 aliphatic heterocycles. The number of anilines is 3. The number of carbonyl (C=O) groups excluding carboxylic acids is 1. The van der Waals surface area contributed by atoms with Crippen molar-refractivity contribution >= 4 is 34.2 Å². The summed E-state index contributed by atoms with van der Waals surface area (Å²) in [5, 5.41) is 5.86. The molecule has 1 amide bonds. The predicted octanol–water partition coefficient (Wildman–Crippen LogP) is 2.89. The number of carbonyl (C=O) groups is 1. The second-order valence-electron chi connectivity index (χ2n) is 4.71. The van der Waals surface area contributed by atoms with Gasteiger partial charge in [0.2, 0.25) is 5.91 Å². The molecule has 0 aliphatic carbocycles. The number of rotatable bonds is 3. The lowest BCUT2D eigenvalue weighted by Gasteiger charge is -2.06. The fraction of sp³-hybridized carbons (Fsp3) is 0.0625. The minimum Gasteiger partial charge on any atom is -0.388 e. The van der Waals surface area contributed by atoms with Crippen LogP contribution in [0.2, 0.25) is 0 Å². The van der Waals surface area contributed by atoms with Gasteiger partial charge in [0.1, 0.15) is 0 Å². The maximum absolute atomic E-state index is 12.1. The number of para-hydroxylation sites is 1. The molecule has 110 valence electrons. The van der Waals surface area contributed by atoms with Crippen LogP contribution in [-0.4, -0.2) is 10.9 Å². The van der Waals surface area contributed by atoms with E-state index in [1.54, 1.807) is 18.2 Å². The maximum atomic E-state index is 12.1. The summed E-state index contributed by atoms with van der Waals surface area (Å²) in [7, 11) is 0. The fourth-order valence-corrected chi connectivity index (χ4v) is 2.05. The first-order valence-electron chi connectivity index (χ1n) is 6.66. The largest absolute Gasteiger partial charge is 0.388 e. The number of benzene rings is 2. The van der Waals surface area contributed by atoms with Crippen molar-refractivity contribution in [2.24, 2.45) is 0 Å². The summed E-state index contributed by atoms with van der Waals surface area (Å²) in [6, 6.07) is 14.3. The van der Waals surface area contributed by atoms with Crippen molar-refractivity contribution in [1.82, 2.24) is 4.98 Å². The van der Waals surface area contributed by atoms with Gasteiger partial charge in [0.05, 0.1) is 10.9 Å². The molecule has 0 radical (unpaired) electrons. The van der Waals surface area contributed by atoms with Gasteiger partial charge in [-0.2, -0.15) is 4.98 Å². The zero-order valence-corrected chi connectivity index (χ0v) is 11.8. The van der Waals surface area contributed by atoms with Gasteiger partial charge in [0.25, 0.3) is 0 Å². The molecule has 6 heteroatoms. The molecule has 2 N–H and O–H groups in total. The van der Waals surface area contributed by atoms with E-state index in [0.29, 0.717) is 16.6 Å². The van der Waals surface area contributed by atoms with E-state index in [2.05, 4.69) is 15.6 Å². The van der Waals surface area contributed by atoms with Crippen LogP contribution in [0.4, 0.5) is 17.4 Å². The molecule has 22 heavy (non-hydrogen) atoms. The Bertz CT molecular complexity index is 888. The third-order valence-electron chi connectivity index (χ3n) is 2.97. The Labute approximate surface area is 125 Å². The fourth-order valence-electron chi connectivity index (χ4n) is 2.05. The molecule has 1 aromatic heterocycles. The Balaban J connectivity index is 1.99. The minimum absolute atomic E-state index is 0.121. The molecule has 3 aromatic rings. The van der Waals surface area contributed by atoms with E-state index < -0.39 is 5.63 Å². The van der Waals surface area contributed by atoms with Crippen LogP contribution in [-0.2, 0) is 4.79 Å². The Morgan fingerprint density at radius 3 is 2.59 bits per heavy atom. The second kappa shape index (κ2) is 5.69. The molecular formula is C16H13N3O3. The Morgan fingerprint density at radius 1 is 1.09 bits per heavy atom. The highest BCUT2D eigenvalue weighted by atomic mass is 16.4.